The number of rotatable bonds is 13. The number of halogens is 5. The van der Waals surface area contributed by atoms with Crippen LogP contribution in [0.3, 0.4) is 0 Å². The van der Waals surface area contributed by atoms with Gasteiger partial charge in [-0.2, -0.15) is 20.1 Å². The highest BCUT2D eigenvalue weighted by Crippen LogP contribution is 2.28. The van der Waals surface area contributed by atoms with Gasteiger partial charge in [0.1, 0.15) is 40.7 Å². The van der Waals surface area contributed by atoms with Crippen LogP contribution in [-0.2, 0) is 29.5 Å². The maximum atomic E-state index is 6.19. The van der Waals surface area contributed by atoms with Crippen molar-refractivity contribution in [3.8, 4) is 11.3 Å². The van der Waals surface area contributed by atoms with Gasteiger partial charge in [-0.25, -0.2) is 15.0 Å². The summed E-state index contributed by atoms with van der Waals surface area (Å²) in [4.78, 5) is 27.5. The number of aromatic nitrogens is 11. The lowest BCUT2D eigenvalue weighted by molar-refractivity contribution is 0.0898. The normalized spacial score (nSPS) is 11.9. The molecule has 1 N–H and O–H groups in total. The molecule has 20 heteroatoms. The molecule has 0 bridgehead atoms. The molecule has 7 heterocycles. The summed E-state index contributed by atoms with van der Waals surface area (Å²) in [5.74, 6) is 0. The molecule has 300 valence electrons. The quantitative estimate of drug-likeness (QED) is 0.0518. The average molecular weight is 898 g/mol. The van der Waals surface area contributed by atoms with E-state index < -0.39 is 16.1 Å². The van der Waals surface area contributed by atoms with Gasteiger partial charge in [0.05, 0.1) is 22.7 Å². The minimum absolute atomic E-state index is 0.152. The zero-order chi connectivity index (χ0) is 40.6. The van der Waals surface area contributed by atoms with E-state index >= 15 is 0 Å². The number of nitrogens with one attached hydrogen (secondary N) is 1. The Labute approximate surface area is 353 Å². The lowest BCUT2D eigenvalue weighted by Gasteiger charge is -2.15. The Hall–Kier alpha value is -3.13. The molecule has 0 aromatic carbocycles. The minimum atomic E-state index is -1.09. The Morgan fingerprint density at radius 1 is 0.661 bits per heavy atom. The van der Waals surface area contributed by atoms with E-state index in [1.54, 1.807) is 12.3 Å². The SMILES string of the molecule is CCCn1cc(-c2nc(Cl)nc3c2ccn3COCC[Si](C)(C)C)cn1.C[Si](C)(C)CCOCn1ccc2c(Cl)nc(Cl)nc21.Clc1nc(Cl)c2cc[nH]c2n1. The topological polar surface area (TPSA) is 139 Å². The predicted molar refractivity (Wildman–Crippen MR) is 234 cm³/mol. The van der Waals surface area contributed by atoms with Crippen molar-refractivity contribution in [1.82, 2.24) is 53.8 Å². The number of fused-ring (bicyclic) bond motifs is 3. The highest BCUT2D eigenvalue weighted by Gasteiger charge is 2.16. The zero-order valence-corrected chi connectivity index (χ0v) is 38.2. The second-order valence-electron chi connectivity index (χ2n) is 15.4. The van der Waals surface area contributed by atoms with Crippen LogP contribution in [0.4, 0.5) is 0 Å². The maximum absolute atomic E-state index is 6.19. The molecule has 13 nitrogen and oxygen atoms in total. The molecule has 0 atom stereocenters. The molecule has 0 spiro atoms. The van der Waals surface area contributed by atoms with Crippen molar-refractivity contribution in [3.05, 3.63) is 75.3 Å². The molecule has 0 amide bonds. The third-order valence-electron chi connectivity index (χ3n) is 8.29. The fraction of sp³-hybridized carbons (Fsp3) is 0.417. The molecule has 0 unspecified atom stereocenters. The maximum Gasteiger partial charge on any atom is 0.225 e. The van der Waals surface area contributed by atoms with Gasteiger partial charge in [0, 0.05) is 71.6 Å². The summed E-state index contributed by atoms with van der Waals surface area (Å²) in [6.07, 6.45) is 10.5. The van der Waals surface area contributed by atoms with Gasteiger partial charge in [0.2, 0.25) is 15.9 Å². The van der Waals surface area contributed by atoms with E-state index in [9.17, 15) is 0 Å². The van der Waals surface area contributed by atoms with Crippen LogP contribution in [0.25, 0.3) is 44.4 Å². The summed E-state index contributed by atoms with van der Waals surface area (Å²) in [6.45, 7) is 19.5. The first-order valence-corrected chi connectivity index (χ1v) is 27.4. The summed E-state index contributed by atoms with van der Waals surface area (Å²) in [6, 6.07) is 7.97. The summed E-state index contributed by atoms with van der Waals surface area (Å²) in [5.41, 5.74) is 3.91. The Morgan fingerprint density at radius 2 is 1.20 bits per heavy atom. The zero-order valence-electron chi connectivity index (χ0n) is 32.5. The first-order valence-electron chi connectivity index (χ1n) is 18.1. The van der Waals surface area contributed by atoms with E-state index in [2.05, 4.69) is 86.2 Å². The second kappa shape index (κ2) is 19.5. The molecule has 56 heavy (non-hydrogen) atoms. The van der Waals surface area contributed by atoms with Crippen LogP contribution < -0.4 is 0 Å². The van der Waals surface area contributed by atoms with Crippen molar-refractivity contribution >= 4 is 107 Å². The third-order valence-corrected chi connectivity index (χ3v) is 12.8. The van der Waals surface area contributed by atoms with E-state index in [1.165, 1.54) is 0 Å². The molecule has 0 saturated heterocycles. The highest BCUT2D eigenvalue weighted by molar-refractivity contribution is 6.76. The monoisotopic (exact) mass is 895 g/mol. The van der Waals surface area contributed by atoms with Gasteiger partial charge in [-0.1, -0.05) is 69.4 Å². The van der Waals surface area contributed by atoms with Gasteiger partial charge in [-0.15, -0.1) is 0 Å². The van der Waals surface area contributed by atoms with E-state index in [4.69, 9.17) is 67.5 Å². The Kier molecular flexibility index (Phi) is 15.4. The van der Waals surface area contributed by atoms with Crippen LogP contribution in [0.5, 0.6) is 0 Å². The van der Waals surface area contributed by atoms with Crippen LogP contribution >= 0.6 is 58.0 Å². The van der Waals surface area contributed by atoms with E-state index in [-0.39, 0.29) is 15.9 Å². The van der Waals surface area contributed by atoms with Crippen molar-refractivity contribution < 1.29 is 9.47 Å². The molecule has 0 fully saturated rings. The smallest absolute Gasteiger partial charge is 0.225 e. The number of H-pyrrole nitrogens is 1. The van der Waals surface area contributed by atoms with Gasteiger partial charge in [0.25, 0.3) is 0 Å². The summed E-state index contributed by atoms with van der Waals surface area (Å²) in [5, 5.41) is 8.22. The lowest BCUT2D eigenvalue weighted by atomic mass is 10.2. The highest BCUT2D eigenvalue weighted by atomic mass is 35.5. The molecule has 0 aliphatic heterocycles. The number of hydrogen-bond acceptors (Lipinski definition) is 9. The molecule has 0 aliphatic carbocycles. The Bertz CT molecular complexity index is 2370. The van der Waals surface area contributed by atoms with Gasteiger partial charge in [0.15, 0.2) is 0 Å². The van der Waals surface area contributed by atoms with Gasteiger partial charge >= 0.3 is 0 Å². The fourth-order valence-corrected chi connectivity index (χ4v) is 7.83. The van der Waals surface area contributed by atoms with Crippen LogP contribution in [0.15, 0.2) is 49.2 Å². The van der Waals surface area contributed by atoms with Crippen molar-refractivity contribution in [2.24, 2.45) is 0 Å². The Morgan fingerprint density at radius 3 is 1.79 bits per heavy atom. The standard InChI is InChI=1S/C18H26ClN5OSi.C12H17Cl2N3OSi.C6H3Cl2N3/c1-5-7-24-12-14(11-20-24)16-15-6-8-23(17(15)22-18(19)21-16)13-25-9-10-26(2,3)4;1-19(2,3)7-6-18-8-17-5-4-9-10(13)15-12(14)16-11(9)17;7-4-3-1-2-9-5(3)11-6(8)10-4/h6,8,11-12H,5,7,9-10,13H2,1-4H3;4-5H,6-8H2,1-3H3;1-2H,(H,9,10,11). The number of ether oxygens (including phenoxy) is 2. The molecule has 7 rings (SSSR count). The van der Waals surface area contributed by atoms with E-state index in [0.717, 1.165) is 71.3 Å². The third kappa shape index (κ3) is 12.4. The minimum Gasteiger partial charge on any atom is -0.361 e. The van der Waals surface area contributed by atoms with Gasteiger partial charge < -0.3 is 23.6 Å². The van der Waals surface area contributed by atoms with Crippen LogP contribution in [-0.4, -0.2) is 83.2 Å². The van der Waals surface area contributed by atoms with Crippen LogP contribution in [0, 0.1) is 0 Å². The number of nitrogens with zero attached hydrogens (tertiary/aromatic N) is 10. The fourth-order valence-electron chi connectivity index (χ4n) is 5.27. The number of aryl methyl sites for hydroxylation is 1. The van der Waals surface area contributed by atoms with Crippen molar-refractivity contribution in [1.29, 1.82) is 0 Å². The molecule has 0 aliphatic rings. The van der Waals surface area contributed by atoms with Crippen molar-refractivity contribution in [2.45, 2.75) is 84.7 Å². The first kappa shape index (κ1) is 44.0. The Balaban J connectivity index is 0.000000174. The van der Waals surface area contributed by atoms with E-state index in [0.29, 0.717) is 35.1 Å². The van der Waals surface area contributed by atoms with Crippen LogP contribution in [0.1, 0.15) is 13.3 Å². The van der Waals surface area contributed by atoms with Crippen molar-refractivity contribution in [2.75, 3.05) is 13.2 Å². The average Bonchev–Trinajstić information content (AvgIpc) is 3.92. The van der Waals surface area contributed by atoms with Gasteiger partial charge in [-0.3, -0.25) is 4.68 Å². The van der Waals surface area contributed by atoms with Crippen molar-refractivity contribution in [3.63, 3.8) is 0 Å². The number of aromatic amines is 1. The summed E-state index contributed by atoms with van der Waals surface area (Å²) < 4.78 is 17.3. The lowest BCUT2D eigenvalue weighted by Crippen LogP contribution is -2.22. The predicted octanol–water partition coefficient (Wildman–Crippen LogP) is 11.0. The largest absolute Gasteiger partial charge is 0.361 e. The molecule has 7 aromatic heterocycles. The molecule has 7 aromatic rings. The molecule has 0 radical (unpaired) electrons. The summed E-state index contributed by atoms with van der Waals surface area (Å²) >= 11 is 29.3. The van der Waals surface area contributed by atoms with E-state index in [1.807, 2.05) is 50.7 Å². The summed E-state index contributed by atoms with van der Waals surface area (Å²) in [7, 11) is -2.14. The first-order chi connectivity index (χ1) is 26.5. The molecular weight excluding hydrogens is 852 g/mol. The molecular formula is C36H46Cl5N11O2Si2. The van der Waals surface area contributed by atoms with Gasteiger partial charge in [-0.05, 0) is 71.5 Å². The second-order valence-corrected chi connectivity index (χ2v) is 28.4. The number of hydrogen-bond donors (Lipinski definition) is 1. The van der Waals surface area contributed by atoms with Crippen LogP contribution in [0.2, 0.25) is 77.5 Å². The molecule has 0 saturated carbocycles.